The summed E-state index contributed by atoms with van der Waals surface area (Å²) in [5, 5.41) is 43.4. The standard InChI is InChI=1S/C34H34N2O8/c1-21(15-22-7-5-10-26(38)16-22)13-14-30(39)31-23(20-44-27-11-3-2-4-12-27)17-28-32(29(31)19-37)34(41)35(33(28)40)24-8-6-9-25(18-24)36(42)43/h2-12,15-16,18,28-30,32,37-39H,13-14,17,19-20H2,1H3/b21-15+/t28-,29+,30-,32-/m1/s1. The SMILES string of the molecule is C/C(=C\c1cccc(O)c1)CC[C@@H](O)C1=C(COc2ccccc2)C[C@H]2C(=O)N(c3cccc([N+](=O)[O-])c3)C(=O)[C@H]2[C@H]1CO. The summed E-state index contributed by atoms with van der Waals surface area (Å²) in [5.74, 6) is -2.95. The first kappa shape index (κ1) is 30.7. The predicted octanol–water partition coefficient (Wildman–Crippen LogP) is 5.04. The van der Waals surface area contributed by atoms with E-state index in [1.807, 2.05) is 37.3 Å². The summed E-state index contributed by atoms with van der Waals surface area (Å²) >= 11 is 0. The Morgan fingerprint density at radius 2 is 1.82 bits per heavy atom. The first-order valence-electron chi connectivity index (χ1n) is 14.4. The molecule has 0 unspecified atom stereocenters. The Morgan fingerprint density at radius 1 is 1.07 bits per heavy atom. The van der Waals surface area contributed by atoms with Crippen molar-refractivity contribution in [3.8, 4) is 11.5 Å². The van der Waals surface area contributed by atoms with Gasteiger partial charge in [0.15, 0.2) is 0 Å². The van der Waals surface area contributed by atoms with Crippen LogP contribution in [0.25, 0.3) is 6.08 Å². The number of nitro benzene ring substituents is 1. The van der Waals surface area contributed by atoms with Crippen LogP contribution in [0.5, 0.6) is 11.5 Å². The summed E-state index contributed by atoms with van der Waals surface area (Å²) in [7, 11) is 0. The van der Waals surface area contributed by atoms with Gasteiger partial charge in [-0.15, -0.1) is 0 Å². The molecule has 4 atom stereocenters. The van der Waals surface area contributed by atoms with Crippen LogP contribution >= 0.6 is 0 Å². The van der Waals surface area contributed by atoms with Gasteiger partial charge in [0.2, 0.25) is 11.8 Å². The van der Waals surface area contributed by atoms with Gasteiger partial charge in [-0.05, 0) is 73.2 Å². The number of rotatable bonds is 11. The molecule has 3 aromatic rings. The van der Waals surface area contributed by atoms with Crippen LogP contribution in [0.2, 0.25) is 0 Å². The number of fused-ring (bicyclic) bond motifs is 1. The van der Waals surface area contributed by atoms with Crippen molar-refractivity contribution in [1.82, 2.24) is 0 Å². The molecule has 0 aromatic heterocycles. The molecule has 1 aliphatic carbocycles. The van der Waals surface area contributed by atoms with Crippen LogP contribution < -0.4 is 9.64 Å². The van der Waals surface area contributed by atoms with Crippen LogP contribution in [0.1, 0.15) is 31.7 Å². The quantitative estimate of drug-likeness (QED) is 0.120. The molecule has 5 rings (SSSR count). The van der Waals surface area contributed by atoms with E-state index in [1.54, 1.807) is 30.3 Å². The van der Waals surface area contributed by atoms with E-state index < -0.39 is 47.2 Å². The molecule has 1 aliphatic heterocycles. The Labute approximate surface area is 254 Å². The van der Waals surface area contributed by atoms with Crippen molar-refractivity contribution in [3.63, 3.8) is 0 Å². The monoisotopic (exact) mass is 598 g/mol. The lowest BCUT2D eigenvalue weighted by Gasteiger charge is -2.36. The fourth-order valence-electron chi connectivity index (χ4n) is 6.27. The number of para-hydroxylation sites is 1. The Hall–Kier alpha value is -4.80. The highest BCUT2D eigenvalue weighted by atomic mass is 16.6. The molecule has 3 N–H and O–H groups in total. The van der Waals surface area contributed by atoms with Gasteiger partial charge in [-0.2, -0.15) is 0 Å². The molecule has 1 heterocycles. The molecule has 0 radical (unpaired) electrons. The van der Waals surface area contributed by atoms with Gasteiger partial charge >= 0.3 is 0 Å². The number of hydrogen-bond donors (Lipinski definition) is 3. The number of carbonyl (C=O) groups is 2. The van der Waals surface area contributed by atoms with Gasteiger partial charge in [-0.25, -0.2) is 4.90 Å². The van der Waals surface area contributed by atoms with Gasteiger partial charge < -0.3 is 20.1 Å². The normalized spacial score (nSPS) is 20.9. The molecule has 0 spiro atoms. The molecule has 3 aromatic carbocycles. The van der Waals surface area contributed by atoms with Gasteiger partial charge in [0.1, 0.15) is 18.1 Å². The second-order valence-corrected chi connectivity index (χ2v) is 11.2. The minimum atomic E-state index is -1.04. The molecule has 2 amide bonds. The lowest BCUT2D eigenvalue weighted by Crippen LogP contribution is -2.40. The van der Waals surface area contributed by atoms with E-state index in [2.05, 4.69) is 0 Å². The van der Waals surface area contributed by atoms with Crippen LogP contribution in [0.3, 0.4) is 0 Å². The van der Waals surface area contributed by atoms with Gasteiger partial charge in [0.05, 0.1) is 35.2 Å². The molecular formula is C34H34N2O8. The Morgan fingerprint density at radius 3 is 2.52 bits per heavy atom. The van der Waals surface area contributed by atoms with Crippen molar-refractivity contribution >= 4 is 29.3 Å². The third-order valence-electron chi connectivity index (χ3n) is 8.29. The summed E-state index contributed by atoms with van der Waals surface area (Å²) in [5.41, 5.74) is 2.73. The average Bonchev–Trinajstić information content (AvgIpc) is 3.27. The van der Waals surface area contributed by atoms with Crippen molar-refractivity contribution in [2.75, 3.05) is 18.1 Å². The number of ether oxygens (including phenoxy) is 1. The Balaban J connectivity index is 1.45. The number of nitro groups is 1. The van der Waals surface area contributed by atoms with Gasteiger partial charge in [-0.3, -0.25) is 19.7 Å². The van der Waals surface area contributed by atoms with Gasteiger partial charge in [0.25, 0.3) is 5.69 Å². The highest BCUT2D eigenvalue weighted by Crippen LogP contribution is 2.47. The smallest absolute Gasteiger partial charge is 0.271 e. The number of non-ortho nitro benzene ring substituents is 1. The minimum absolute atomic E-state index is 0.0481. The molecule has 10 heteroatoms. The predicted molar refractivity (Wildman–Crippen MR) is 164 cm³/mol. The van der Waals surface area contributed by atoms with Crippen molar-refractivity contribution in [1.29, 1.82) is 0 Å². The van der Waals surface area contributed by atoms with Crippen LogP contribution in [0.15, 0.2) is 95.6 Å². The number of aliphatic hydroxyl groups is 2. The summed E-state index contributed by atoms with van der Waals surface area (Å²) in [6.07, 6.45) is 1.79. The fraction of sp³-hybridized carbons (Fsp3) is 0.294. The molecule has 0 saturated carbocycles. The molecule has 1 fully saturated rings. The number of nitrogens with zero attached hydrogens (tertiary/aromatic N) is 2. The maximum atomic E-state index is 13.8. The molecule has 44 heavy (non-hydrogen) atoms. The fourth-order valence-corrected chi connectivity index (χ4v) is 6.27. The third kappa shape index (κ3) is 6.41. The first-order valence-corrected chi connectivity index (χ1v) is 14.4. The topological polar surface area (TPSA) is 150 Å². The van der Waals surface area contributed by atoms with Crippen molar-refractivity contribution in [2.24, 2.45) is 17.8 Å². The largest absolute Gasteiger partial charge is 0.508 e. The second kappa shape index (κ2) is 13.2. The number of imide groups is 1. The van der Waals surface area contributed by atoms with E-state index in [0.29, 0.717) is 23.3 Å². The van der Waals surface area contributed by atoms with E-state index in [4.69, 9.17) is 4.74 Å². The maximum Gasteiger partial charge on any atom is 0.271 e. The summed E-state index contributed by atoms with van der Waals surface area (Å²) in [4.78, 5) is 39.3. The van der Waals surface area contributed by atoms with Crippen LogP contribution in [0, 0.1) is 27.9 Å². The molecule has 2 aliphatic rings. The molecule has 228 valence electrons. The Kier molecular flexibility index (Phi) is 9.22. The number of aliphatic hydroxyl groups excluding tert-OH is 2. The van der Waals surface area contributed by atoms with Gasteiger partial charge in [-0.1, -0.05) is 48.0 Å². The number of aromatic hydroxyl groups is 1. The van der Waals surface area contributed by atoms with E-state index in [-0.39, 0.29) is 36.6 Å². The van der Waals surface area contributed by atoms with Crippen molar-refractivity contribution in [2.45, 2.75) is 32.3 Å². The molecule has 1 saturated heterocycles. The number of allylic oxidation sites excluding steroid dienone is 1. The highest BCUT2D eigenvalue weighted by molar-refractivity contribution is 6.22. The van der Waals surface area contributed by atoms with Crippen LogP contribution in [-0.2, 0) is 9.59 Å². The molecular weight excluding hydrogens is 564 g/mol. The minimum Gasteiger partial charge on any atom is -0.508 e. The zero-order valence-electron chi connectivity index (χ0n) is 24.2. The molecule has 0 bridgehead atoms. The lowest BCUT2D eigenvalue weighted by atomic mass is 9.68. The number of phenols is 1. The van der Waals surface area contributed by atoms with E-state index in [0.717, 1.165) is 16.0 Å². The van der Waals surface area contributed by atoms with Gasteiger partial charge in [0, 0.05) is 18.1 Å². The summed E-state index contributed by atoms with van der Waals surface area (Å²) in [6, 6.07) is 21.3. The lowest BCUT2D eigenvalue weighted by molar-refractivity contribution is -0.384. The third-order valence-corrected chi connectivity index (χ3v) is 8.29. The first-order chi connectivity index (χ1) is 21.2. The number of carbonyl (C=O) groups excluding carboxylic acids is 2. The zero-order chi connectivity index (χ0) is 31.4. The zero-order valence-corrected chi connectivity index (χ0v) is 24.2. The molecule has 10 nitrogen and oxygen atoms in total. The summed E-state index contributed by atoms with van der Waals surface area (Å²) < 4.78 is 6.03. The maximum absolute atomic E-state index is 13.8. The highest BCUT2D eigenvalue weighted by Gasteiger charge is 2.55. The number of benzene rings is 3. The van der Waals surface area contributed by atoms with Crippen molar-refractivity contribution < 1.29 is 34.6 Å². The number of hydrogen-bond acceptors (Lipinski definition) is 8. The number of amides is 2. The summed E-state index contributed by atoms with van der Waals surface area (Å²) in [6.45, 7) is 1.48. The number of phenolic OH excluding ortho intramolecular Hbond substituents is 1. The number of anilines is 1. The van der Waals surface area contributed by atoms with E-state index in [9.17, 15) is 35.0 Å². The van der Waals surface area contributed by atoms with Crippen LogP contribution in [0.4, 0.5) is 11.4 Å². The van der Waals surface area contributed by atoms with E-state index in [1.165, 1.54) is 24.3 Å². The second-order valence-electron chi connectivity index (χ2n) is 11.2. The van der Waals surface area contributed by atoms with E-state index >= 15 is 0 Å². The van der Waals surface area contributed by atoms with Crippen molar-refractivity contribution in [3.05, 3.63) is 111 Å². The average molecular weight is 599 g/mol. The Bertz CT molecular complexity index is 1620. The van der Waals surface area contributed by atoms with Crippen LogP contribution in [-0.4, -0.2) is 51.4 Å².